The van der Waals surface area contributed by atoms with E-state index in [4.69, 9.17) is 0 Å². The summed E-state index contributed by atoms with van der Waals surface area (Å²) in [5.74, 6) is 2.38. The minimum Gasteiger partial charge on any atom is -0.338 e. The van der Waals surface area contributed by atoms with Gasteiger partial charge in [0.05, 0.1) is 0 Å². The third kappa shape index (κ3) is 2.62. The van der Waals surface area contributed by atoms with Gasteiger partial charge in [0.1, 0.15) is 0 Å². The lowest BCUT2D eigenvalue weighted by molar-refractivity contribution is 0.591. The molecule has 100 valence electrons. The zero-order valence-corrected chi connectivity index (χ0v) is 11.5. The average molecular weight is 256 g/mol. The molecule has 2 aromatic heterocycles. The van der Waals surface area contributed by atoms with Crippen molar-refractivity contribution < 1.29 is 0 Å². The number of aryl methyl sites for hydroxylation is 1. The smallest absolute Gasteiger partial charge is 0.152 e. The van der Waals surface area contributed by atoms with Gasteiger partial charge in [-0.1, -0.05) is 13.3 Å². The molecule has 0 spiro atoms. The molecular weight excluding hydrogens is 236 g/mol. The number of hydrogen-bond donors (Lipinski definition) is 2. The Morgan fingerprint density at radius 1 is 1.37 bits per heavy atom. The van der Waals surface area contributed by atoms with Crippen molar-refractivity contribution in [2.24, 2.45) is 5.92 Å². The molecule has 0 aromatic carbocycles. The standard InChI is InChI=1S/C15H20N4/c1-10-3-4-12(7-10)14-8-15(19-18-14)17-13-5-6-16-9-11(13)2/h5-6,8-10,12H,3-4,7H2,1-2H3,(H2,16,17,18,19). The predicted molar refractivity (Wildman–Crippen MR) is 76.6 cm³/mol. The minimum absolute atomic E-state index is 0.650. The topological polar surface area (TPSA) is 53.6 Å². The zero-order chi connectivity index (χ0) is 13.2. The van der Waals surface area contributed by atoms with Crippen LogP contribution in [0.15, 0.2) is 24.5 Å². The Balaban J connectivity index is 1.73. The molecule has 1 fully saturated rings. The fraction of sp³-hybridized carbons (Fsp3) is 0.467. The molecule has 1 saturated carbocycles. The summed E-state index contributed by atoms with van der Waals surface area (Å²) < 4.78 is 0. The van der Waals surface area contributed by atoms with E-state index in [0.717, 1.165) is 23.0 Å². The van der Waals surface area contributed by atoms with Gasteiger partial charge in [-0.2, -0.15) is 5.10 Å². The van der Waals surface area contributed by atoms with E-state index in [2.05, 4.69) is 33.5 Å². The maximum absolute atomic E-state index is 4.37. The van der Waals surface area contributed by atoms with Crippen LogP contribution >= 0.6 is 0 Å². The van der Waals surface area contributed by atoms with E-state index in [9.17, 15) is 0 Å². The summed E-state index contributed by atoms with van der Waals surface area (Å²) in [7, 11) is 0. The molecule has 0 bridgehead atoms. The lowest BCUT2D eigenvalue weighted by atomic mass is 10.0. The summed E-state index contributed by atoms with van der Waals surface area (Å²) in [5, 5.41) is 10.9. The molecule has 2 aromatic rings. The summed E-state index contributed by atoms with van der Waals surface area (Å²) in [6.07, 6.45) is 7.53. The van der Waals surface area contributed by atoms with Crippen LogP contribution in [-0.2, 0) is 0 Å². The van der Waals surface area contributed by atoms with E-state index in [-0.39, 0.29) is 0 Å². The van der Waals surface area contributed by atoms with Crippen molar-refractivity contribution >= 4 is 11.5 Å². The van der Waals surface area contributed by atoms with Crippen molar-refractivity contribution in [1.82, 2.24) is 15.2 Å². The maximum Gasteiger partial charge on any atom is 0.152 e. The van der Waals surface area contributed by atoms with Crippen molar-refractivity contribution in [2.45, 2.75) is 39.0 Å². The van der Waals surface area contributed by atoms with Crippen LogP contribution in [0.25, 0.3) is 0 Å². The molecule has 0 amide bonds. The van der Waals surface area contributed by atoms with E-state index >= 15 is 0 Å². The number of aromatic nitrogens is 3. The first-order chi connectivity index (χ1) is 9.22. The third-order valence-electron chi connectivity index (χ3n) is 4.02. The van der Waals surface area contributed by atoms with Crippen molar-refractivity contribution in [2.75, 3.05) is 5.32 Å². The fourth-order valence-corrected chi connectivity index (χ4v) is 2.85. The van der Waals surface area contributed by atoms with E-state index in [1.165, 1.54) is 25.0 Å². The van der Waals surface area contributed by atoms with Gasteiger partial charge in [-0.25, -0.2) is 0 Å². The number of nitrogens with zero attached hydrogens (tertiary/aromatic N) is 2. The number of pyridine rings is 1. The zero-order valence-electron chi connectivity index (χ0n) is 11.5. The van der Waals surface area contributed by atoms with Gasteiger partial charge in [-0.3, -0.25) is 10.1 Å². The highest BCUT2D eigenvalue weighted by Gasteiger charge is 2.24. The van der Waals surface area contributed by atoms with Crippen molar-refractivity contribution in [1.29, 1.82) is 0 Å². The summed E-state index contributed by atoms with van der Waals surface area (Å²) >= 11 is 0. The van der Waals surface area contributed by atoms with Crippen LogP contribution in [0.4, 0.5) is 11.5 Å². The average Bonchev–Trinajstić information content (AvgIpc) is 3.01. The van der Waals surface area contributed by atoms with Gasteiger partial charge in [0.2, 0.25) is 0 Å². The highest BCUT2D eigenvalue weighted by Crippen LogP contribution is 2.37. The molecule has 0 saturated heterocycles. The maximum atomic E-state index is 4.37. The minimum atomic E-state index is 0.650. The Bertz CT molecular complexity index is 561. The number of rotatable bonds is 3. The Morgan fingerprint density at radius 2 is 2.26 bits per heavy atom. The first-order valence-corrected chi connectivity index (χ1v) is 6.95. The number of H-pyrrole nitrogens is 1. The number of anilines is 2. The number of hydrogen-bond acceptors (Lipinski definition) is 3. The summed E-state index contributed by atoms with van der Waals surface area (Å²) in [4.78, 5) is 4.09. The van der Waals surface area contributed by atoms with E-state index in [1.807, 2.05) is 19.2 Å². The van der Waals surface area contributed by atoms with Crippen molar-refractivity contribution in [3.8, 4) is 0 Å². The van der Waals surface area contributed by atoms with Gasteiger partial charge in [0.25, 0.3) is 0 Å². The lowest BCUT2D eigenvalue weighted by Gasteiger charge is -2.06. The second kappa shape index (κ2) is 5.03. The fourth-order valence-electron chi connectivity index (χ4n) is 2.85. The molecule has 1 aliphatic carbocycles. The van der Waals surface area contributed by atoms with Crippen LogP contribution in [0.3, 0.4) is 0 Å². The first-order valence-electron chi connectivity index (χ1n) is 6.95. The molecule has 2 heterocycles. The molecule has 2 atom stereocenters. The van der Waals surface area contributed by atoms with E-state index in [0.29, 0.717) is 5.92 Å². The van der Waals surface area contributed by atoms with Crippen LogP contribution in [0.1, 0.15) is 43.4 Å². The molecule has 2 N–H and O–H groups in total. The third-order valence-corrected chi connectivity index (χ3v) is 4.02. The largest absolute Gasteiger partial charge is 0.338 e. The quantitative estimate of drug-likeness (QED) is 0.879. The van der Waals surface area contributed by atoms with Crippen LogP contribution in [0.2, 0.25) is 0 Å². The summed E-state index contributed by atoms with van der Waals surface area (Å²) in [5.41, 5.74) is 3.45. The Kier molecular flexibility index (Phi) is 3.23. The highest BCUT2D eigenvalue weighted by atomic mass is 15.2. The molecule has 3 rings (SSSR count). The molecule has 2 unspecified atom stereocenters. The van der Waals surface area contributed by atoms with Gasteiger partial charge in [-0.15, -0.1) is 0 Å². The van der Waals surface area contributed by atoms with Crippen LogP contribution in [-0.4, -0.2) is 15.2 Å². The lowest BCUT2D eigenvalue weighted by Crippen LogP contribution is -1.94. The summed E-state index contributed by atoms with van der Waals surface area (Å²) in [6, 6.07) is 4.11. The second-order valence-electron chi connectivity index (χ2n) is 5.64. The molecule has 1 aliphatic rings. The van der Waals surface area contributed by atoms with E-state index in [1.54, 1.807) is 6.20 Å². The van der Waals surface area contributed by atoms with Crippen LogP contribution in [0, 0.1) is 12.8 Å². The predicted octanol–water partition coefficient (Wildman–Crippen LogP) is 3.76. The van der Waals surface area contributed by atoms with Gasteiger partial charge in [0.15, 0.2) is 5.82 Å². The molecule has 4 nitrogen and oxygen atoms in total. The Morgan fingerprint density at radius 3 is 3.00 bits per heavy atom. The normalized spacial score (nSPS) is 22.6. The monoisotopic (exact) mass is 256 g/mol. The van der Waals surface area contributed by atoms with E-state index < -0.39 is 0 Å². The van der Waals surface area contributed by atoms with Gasteiger partial charge in [0, 0.05) is 35.8 Å². The molecule has 19 heavy (non-hydrogen) atoms. The molecule has 0 aliphatic heterocycles. The van der Waals surface area contributed by atoms with Crippen molar-refractivity contribution in [3.63, 3.8) is 0 Å². The molecule has 4 heteroatoms. The van der Waals surface area contributed by atoms with Gasteiger partial charge < -0.3 is 5.32 Å². The Labute approximate surface area is 113 Å². The highest BCUT2D eigenvalue weighted by molar-refractivity contribution is 5.59. The second-order valence-corrected chi connectivity index (χ2v) is 5.64. The summed E-state index contributed by atoms with van der Waals surface area (Å²) in [6.45, 7) is 4.37. The SMILES string of the molecule is Cc1cnccc1Nc1cc(C2CCC(C)C2)[nH]n1. The number of nitrogens with one attached hydrogen (secondary N) is 2. The van der Waals surface area contributed by atoms with Crippen molar-refractivity contribution in [3.05, 3.63) is 35.8 Å². The molecular formula is C15H20N4. The molecule has 0 radical (unpaired) electrons. The van der Waals surface area contributed by atoms with Gasteiger partial charge in [-0.05, 0) is 37.3 Å². The number of aromatic amines is 1. The van der Waals surface area contributed by atoms with Crippen LogP contribution < -0.4 is 5.32 Å². The Hall–Kier alpha value is -1.84. The van der Waals surface area contributed by atoms with Gasteiger partial charge >= 0.3 is 0 Å². The first kappa shape index (κ1) is 12.2. The van der Waals surface area contributed by atoms with Crippen LogP contribution in [0.5, 0.6) is 0 Å².